The molecule has 1 aliphatic heterocycles. The first-order chi connectivity index (χ1) is 15.0. The number of rotatable bonds is 5. The van der Waals surface area contributed by atoms with Crippen LogP contribution in [0.4, 0.5) is 11.4 Å². The van der Waals surface area contributed by atoms with Gasteiger partial charge in [-0.15, -0.1) is 0 Å². The minimum atomic E-state index is -0.463. The maximum atomic E-state index is 13.2. The molecule has 1 heterocycles. The van der Waals surface area contributed by atoms with Gasteiger partial charge in [-0.1, -0.05) is 34.1 Å². The highest BCUT2D eigenvalue weighted by Gasteiger charge is 2.67. The largest absolute Gasteiger partial charge is 0.497 e. The first-order valence-electron chi connectivity index (χ1n) is 10.2. The average Bonchev–Trinajstić information content (AvgIpc) is 3.38. The van der Waals surface area contributed by atoms with Crippen molar-refractivity contribution in [2.75, 3.05) is 17.7 Å². The van der Waals surface area contributed by atoms with Gasteiger partial charge in [0.25, 0.3) is 5.91 Å². The lowest BCUT2D eigenvalue weighted by molar-refractivity contribution is -0.145. The molecule has 0 unspecified atom stereocenters. The van der Waals surface area contributed by atoms with Crippen molar-refractivity contribution in [2.24, 2.45) is 23.7 Å². The van der Waals surface area contributed by atoms with E-state index in [-0.39, 0.29) is 40.6 Å². The highest BCUT2D eigenvalue weighted by Crippen LogP contribution is 2.60. The molecule has 0 radical (unpaired) electrons. The van der Waals surface area contributed by atoms with Crippen molar-refractivity contribution in [3.63, 3.8) is 0 Å². The number of hydrogen-bond donors (Lipinski definition) is 2. The highest BCUT2D eigenvalue weighted by molar-refractivity contribution is 9.09. The van der Waals surface area contributed by atoms with Crippen LogP contribution in [0.5, 0.6) is 5.75 Å². The topological polar surface area (TPSA) is 93.7 Å². The van der Waals surface area contributed by atoms with Gasteiger partial charge in [0, 0.05) is 17.7 Å². The van der Waals surface area contributed by atoms with Crippen LogP contribution in [0.2, 0.25) is 0 Å². The molecule has 160 valence electrons. The maximum Gasteiger partial charge on any atom is 0.310 e. The molecule has 5 rings (SSSR count). The molecule has 2 aliphatic carbocycles. The summed E-state index contributed by atoms with van der Waals surface area (Å²) in [6, 6.07) is 13.9. The Morgan fingerprint density at radius 3 is 2.71 bits per heavy atom. The zero-order valence-corrected chi connectivity index (χ0v) is 18.3. The van der Waals surface area contributed by atoms with Gasteiger partial charge in [-0.25, -0.2) is 0 Å². The fourth-order valence-electron chi connectivity index (χ4n) is 5.24. The number of amides is 2. The standard InChI is InChI=1S/C23H21BrN2O5/c1-30-12-6-4-5-11(9-12)25-21(27)13-7-2-3-8-16(13)26-22(28)17-14-10-15-18(17)23(29)31-20(15)19(14)24/h2-9,14-15,17-20H,10H2,1H3,(H,25,27)(H,26,28)/t14-,15-,17-,18+,19+,20+/m1/s1. The fraction of sp³-hybridized carbons (Fsp3) is 0.348. The summed E-state index contributed by atoms with van der Waals surface area (Å²) in [4.78, 5) is 38.5. The van der Waals surface area contributed by atoms with Crippen LogP contribution in [-0.4, -0.2) is 35.8 Å². The smallest absolute Gasteiger partial charge is 0.310 e. The lowest BCUT2D eigenvalue weighted by Crippen LogP contribution is -2.40. The SMILES string of the molecule is COc1cccc(NC(=O)c2ccccc2NC(=O)[C@@H]2[C@H]3C[C@H]4[C@H](OC(=O)[C@@H]42)[C@H]3Br)c1. The third kappa shape index (κ3) is 3.29. The summed E-state index contributed by atoms with van der Waals surface area (Å²) in [7, 11) is 1.56. The normalized spacial score (nSPS) is 30.1. The van der Waals surface area contributed by atoms with Crippen LogP contribution >= 0.6 is 15.9 Å². The van der Waals surface area contributed by atoms with Gasteiger partial charge >= 0.3 is 5.97 Å². The molecular weight excluding hydrogens is 464 g/mol. The number of ether oxygens (including phenoxy) is 2. The molecule has 6 atom stereocenters. The molecule has 2 bridgehead atoms. The molecule has 2 aromatic carbocycles. The van der Waals surface area contributed by atoms with Crippen molar-refractivity contribution >= 4 is 45.1 Å². The summed E-state index contributed by atoms with van der Waals surface area (Å²) in [5.74, 6) is -0.993. The van der Waals surface area contributed by atoms with E-state index in [4.69, 9.17) is 9.47 Å². The van der Waals surface area contributed by atoms with Crippen LogP contribution < -0.4 is 15.4 Å². The van der Waals surface area contributed by atoms with Crippen molar-refractivity contribution in [3.05, 3.63) is 54.1 Å². The predicted octanol–water partition coefficient (Wildman–Crippen LogP) is 3.46. The number of fused-ring (bicyclic) bond motifs is 1. The second-order valence-electron chi connectivity index (χ2n) is 8.18. The fourth-order valence-corrected chi connectivity index (χ4v) is 6.28. The summed E-state index contributed by atoms with van der Waals surface area (Å²) in [5.41, 5.74) is 1.33. The Labute approximate surface area is 187 Å². The van der Waals surface area contributed by atoms with Gasteiger partial charge in [0.05, 0.1) is 35.0 Å². The first kappa shape index (κ1) is 20.1. The van der Waals surface area contributed by atoms with Gasteiger partial charge in [-0.3, -0.25) is 14.4 Å². The third-order valence-electron chi connectivity index (χ3n) is 6.58. The minimum Gasteiger partial charge on any atom is -0.497 e. The molecule has 0 aromatic heterocycles. The van der Waals surface area contributed by atoms with Crippen molar-refractivity contribution < 1.29 is 23.9 Å². The number of esters is 1. The van der Waals surface area contributed by atoms with Gasteiger partial charge < -0.3 is 20.1 Å². The number of halogens is 1. The van der Waals surface area contributed by atoms with Crippen LogP contribution in [0, 0.1) is 23.7 Å². The molecule has 2 saturated carbocycles. The van der Waals surface area contributed by atoms with Gasteiger partial charge in [-0.2, -0.15) is 0 Å². The van der Waals surface area contributed by atoms with E-state index in [1.165, 1.54) is 0 Å². The summed E-state index contributed by atoms with van der Waals surface area (Å²) in [5, 5.41) is 5.73. The molecule has 8 heteroatoms. The van der Waals surface area contributed by atoms with Crippen molar-refractivity contribution in [1.82, 2.24) is 0 Å². The zero-order valence-electron chi connectivity index (χ0n) is 16.7. The van der Waals surface area contributed by atoms with E-state index in [1.807, 2.05) is 0 Å². The molecule has 2 N–H and O–H groups in total. The van der Waals surface area contributed by atoms with Gasteiger partial charge in [-0.05, 0) is 36.6 Å². The molecular formula is C23H21BrN2O5. The van der Waals surface area contributed by atoms with Crippen LogP contribution in [-0.2, 0) is 14.3 Å². The number of carbonyl (C=O) groups is 3. The highest BCUT2D eigenvalue weighted by atomic mass is 79.9. The Morgan fingerprint density at radius 2 is 1.90 bits per heavy atom. The van der Waals surface area contributed by atoms with E-state index in [9.17, 15) is 14.4 Å². The van der Waals surface area contributed by atoms with Gasteiger partial charge in [0.15, 0.2) is 0 Å². The lowest BCUT2D eigenvalue weighted by atomic mass is 9.79. The number of hydrogen-bond acceptors (Lipinski definition) is 5. The first-order valence-corrected chi connectivity index (χ1v) is 11.1. The molecule has 31 heavy (non-hydrogen) atoms. The Hall–Kier alpha value is -2.87. The zero-order chi connectivity index (χ0) is 21.7. The van der Waals surface area contributed by atoms with Crippen molar-refractivity contribution in [3.8, 4) is 5.75 Å². The van der Waals surface area contributed by atoms with Crippen molar-refractivity contribution in [1.29, 1.82) is 0 Å². The second kappa shape index (κ2) is 7.67. The summed E-state index contributed by atoms with van der Waals surface area (Å²) in [6.45, 7) is 0. The molecule has 3 aliphatic rings. The third-order valence-corrected chi connectivity index (χ3v) is 7.78. The van der Waals surface area contributed by atoms with Crippen molar-refractivity contribution in [2.45, 2.75) is 17.4 Å². The van der Waals surface area contributed by atoms with E-state index in [1.54, 1.807) is 55.6 Å². The number of methoxy groups -OCH3 is 1. The molecule has 7 nitrogen and oxygen atoms in total. The van der Waals surface area contributed by atoms with Gasteiger partial charge in [0.1, 0.15) is 11.9 Å². The van der Waals surface area contributed by atoms with E-state index in [0.717, 1.165) is 6.42 Å². The Balaban J connectivity index is 1.35. The van der Waals surface area contributed by atoms with Gasteiger partial charge in [0.2, 0.25) is 5.91 Å². The maximum absolute atomic E-state index is 13.2. The number of anilines is 2. The lowest BCUT2D eigenvalue weighted by Gasteiger charge is -2.27. The van der Waals surface area contributed by atoms with E-state index in [2.05, 4.69) is 26.6 Å². The molecule has 3 fully saturated rings. The number of carbonyl (C=O) groups excluding carboxylic acids is 3. The van der Waals surface area contributed by atoms with Crippen LogP contribution in [0.15, 0.2) is 48.5 Å². The Kier molecular flexibility index (Phi) is 4.97. The number of benzene rings is 2. The summed E-state index contributed by atoms with van der Waals surface area (Å²) >= 11 is 3.63. The van der Waals surface area contributed by atoms with E-state index in [0.29, 0.717) is 22.7 Å². The molecule has 2 amide bonds. The molecule has 2 aromatic rings. The van der Waals surface area contributed by atoms with E-state index < -0.39 is 11.8 Å². The Morgan fingerprint density at radius 1 is 1.10 bits per heavy atom. The summed E-state index contributed by atoms with van der Waals surface area (Å²) in [6.07, 6.45) is 0.667. The molecule has 0 spiro atoms. The predicted molar refractivity (Wildman–Crippen MR) is 117 cm³/mol. The average molecular weight is 485 g/mol. The van der Waals surface area contributed by atoms with E-state index >= 15 is 0 Å². The van der Waals surface area contributed by atoms with Crippen LogP contribution in [0.1, 0.15) is 16.8 Å². The monoisotopic (exact) mass is 484 g/mol. The molecule has 1 saturated heterocycles. The number of para-hydroxylation sites is 1. The quantitative estimate of drug-likeness (QED) is 0.500. The minimum absolute atomic E-state index is 0.0115. The Bertz CT molecular complexity index is 1070. The van der Waals surface area contributed by atoms with Crippen LogP contribution in [0.25, 0.3) is 0 Å². The summed E-state index contributed by atoms with van der Waals surface area (Å²) < 4.78 is 10.7. The number of nitrogens with one attached hydrogen (secondary N) is 2. The number of alkyl halides is 1. The van der Waals surface area contributed by atoms with Crippen LogP contribution in [0.3, 0.4) is 0 Å². The second-order valence-corrected chi connectivity index (χ2v) is 9.24.